The summed E-state index contributed by atoms with van der Waals surface area (Å²) in [5.74, 6) is 0.468. The fraction of sp³-hybridized carbons (Fsp3) is 0.200. The maximum Gasteiger partial charge on any atom is 0.265 e. The molecule has 0 aliphatic heterocycles. The van der Waals surface area contributed by atoms with Crippen LogP contribution in [0, 0.1) is 13.8 Å². The summed E-state index contributed by atoms with van der Waals surface area (Å²) in [5, 5.41) is 7.36. The molecule has 0 radical (unpaired) electrons. The van der Waals surface area contributed by atoms with Gasteiger partial charge in [0.1, 0.15) is 5.75 Å². The molecule has 0 spiro atoms. The van der Waals surface area contributed by atoms with Gasteiger partial charge in [0.15, 0.2) is 6.10 Å². The van der Waals surface area contributed by atoms with E-state index in [1.807, 2.05) is 79.2 Å². The second-order valence-corrected chi connectivity index (χ2v) is 5.95. The van der Waals surface area contributed by atoms with Crippen molar-refractivity contribution in [3.05, 3.63) is 72.1 Å². The molecule has 5 nitrogen and oxygen atoms in total. The Morgan fingerprint density at radius 2 is 1.84 bits per heavy atom. The first-order valence-electron chi connectivity index (χ1n) is 8.19. The van der Waals surface area contributed by atoms with Crippen molar-refractivity contribution in [2.45, 2.75) is 26.9 Å². The molecular formula is C20H21N3O2. The van der Waals surface area contributed by atoms with E-state index in [1.54, 1.807) is 6.92 Å². The van der Waals surface area contributed by atoms with Gasteiger partial charge in [-0.3, -0.25) is 4.79 Å². The van der Waals surface area contributed by atoms with E-state index in [4.69, 9.17) is 4.74 Å². The number of aromatic nitrogens is 2. The number of aryl methyl sites for hydroxylation is 2. The van der Waals surface area contributed by atoms with E-state index in [9.17, 15) is 4.79 Å². The number of para-hydroxylation sites is 1. The number of carbonyl (C=O) groups excluding carboxylic acids is 1. The molecule has 0 saturated carbocycles. The van der Waals surface area contributed by atoms with Gasteiger partial charge in [-0.1, -0.05) is 24.3 Å². The van der Waals surface area contributed by atoms with Gasteiger partial charge in [-0.25, -0.2) is 4.68 Å². The third-order valence-corrected chi connectivity index (χ3v) is 3.79. The molecule has 2 aromatic carbocycles. The zero-order chi connectivity index (χ0) is 17.8. The smallest absolute Gasteiger partial charge is 0.265 e. The van der Waals surface area contributed by atoms with Crippen LogP contribution in [0.3, 0.4) is 0 Å². The summed E-state index contributed by atoms with van der Waals surface area (Å²) in [6, 6.07) is 18.9. The fourth-order valence-corrected chi connectivity index (χ4v) is 2.61. The van der Waals surface area contributed by atoms with Crippen LogP contribution in [0.5, 0.6) is 5.75 Å². The molecule has 5 heteroatoms. The van der Waals surface area contributed by atoms with Gasteiger partial charge in [0.2, 0.25) is 0 Å². The number of amides is 1. The highest BCUT2D eigenvalue weighted by molar-refractivity contribution is 5.94. The molecule has 0 bridgehead atoms. The lowest BCUT2D eigenvalue weighted by atomic mass is 10.2. The van der Waals surface area contributed by atoms with Crippen LogP contribution in [-0.2, 0) is 4.79 Å². The van der Waals surface area contributed by atoms with E-state index in [0.717, 1.165) is 17.1 Å². The average molecular weight is 335 g/mol. The van der Waals surface area contributed by atoms with Crippen LogP contribution in [0.4, 0.5) is 5.69 Å². The zero-order valence-corrected chi connectivity index (χ0v) is 14.6. The largest absolute Gasteiger partial charge is 0.481 e. The van der Waals surface area contributed by atoms with Crippen molar-refractivity contribution in [1.29, 1.82) is 0 Å². The number of nitrogens with one attached hydrogen (secondary N) is 1. The first-order valence-corrected chi connectivity index (χ1v) is 8.19. The van der Waals surface area contributed by atoms with Crippen molar-refractivity contribution in [3.8, 4) is 11.4 Å². The Kier molecular flexibility index (Phi) is 4.84. The molecular weight excluding hydrogens is 314 g/mol. The van der Waals surface area contributed by atoms with E-state index in [2.05, 4.69) is 10.4 Å². The quantitative estimate of drug-likeness (QED) is 0.769. The summed E-state index contributed by atoms with van der Waals surface area (Å²) in [5.41, 5.74) is 3.61. The predicted molar refractivity (Wildman–Crippen MR) is 98.2 cm³/mol. The second-order valence-electron chi connectivity index (χ2n) is 5.95. The number of anilines is 1. The van der Waals surface area contributed by atoms with Crippen molar-refractivity contribution < 1.29 is 9.53 Å². The SMILES string of the molecule is Cc1cc(C)n(-c2cccc(NC(=O)C(C)Oc3ccccc3)c2)n1. The van der Waals surface area contributed by atoms with Gasteiger partial charge in [0.05, 0.1) is 11.4 Å². The number of rotatable bonds is 5. The van der Waals surface area contributed by atoms with E-state index < -0.39 is 6.10 Å². The molecule has 25 heavy (non-hydrogen) atoms. The monoisotopic (exact) mass is 335 g/mol. The number of hydrogen-bond acceptors (Lipinski definition) is 3. The summed E-state index contributed by atoms with van der Waals surface area (Å²) < 4.78 is 7.51. The van der Waals surface area contributed by atoms with Gasteiger partial charge in [-0.2, -0.15) is 5.10 Å². The maximum atomic E-state index is 12.4. The molecule has 3 aromatic rings. The summed E-state index contributed by atoms with van der Waals surface area (Å²) in [6.07, 6.45) is -0.597. The minimum atomic E-state index is -0.597. The summed E-state index contributed by atoms with van der Waals surface area (Å²) in [4.78, 5) is 12.4. The molecule has 1 amide bonds. The van der Waals surface area contributed by atoms with Crippen LogP contribution < -0.4 is 10.1 Å². The van der Waals surface area contributed by atoms with Crippen molar-refractivity contribution in [1.82, 2.24) is 9.78 Å². The van der Waals surface area contributed by atoms with Crippen molar-refractivity contribution >= 4 is 11.6 Å². The lowest BCUT2D eigenvalue weighted by molar-refractivity contribution is -0.122. The number of nitrogens with zero attached hydrogens (tertiary/aromatic N) is 2. The Balaban J connectivity index is 1.71. The topological polar surface area (TPSA) is 56.2 Å². The van der Waals surface area contributed by atoms with E-state index in [-0.39, 0.29) is 5.91 Å². The standard InChI is InChI=1S/C20H21N3O2/c1-14-12-15(2)23(22-14)18-9-7-8-17(13-18)21-20(24)16(3)25-19-10-5-4-6-11-19/h4-13,16H,1-3H3,(H,21,24). The Morgan fingerprint density at radius 3 is 2.52 bits per heavy atom. The Labute approximate surface area is 147 Å². The van der Waals surface area contributed by atoms with Crippen LogP contribution >= 0.6 is 0 Å². The van der Waals surface area contributed by atoms with Crippen LogP contribution in [0.15, 0.2) is 60.7 Å². The highest BCUT2D eigenvalue weighted by Crippen LogP contribution is 2.18. The summed E-state index contributed by atoms with van der Waals surface area (Å²) in [6.45, 7) is 5.69. The van der Waals surface area contributed by atoms with Crippen molar-refractivity contribution in [2.75, 3.05) is 5.32 Å². The van der Waals surface area contributed by atoms with Crippen LogP contribution in [0.2, 0.25) is 0 Å². The number of hydrogen-bond donors (Lipinski definition) is 1. The highest BCUT2D eigenvalue weighted by atomic mass is 16.5. The Hall–Kier alpha value is -3.08. The average Bonchev–Trinajstić information content (AvgIpc) is 2.94. The molecule has 0 aliphatic rings. The van der Waals surface area contributed by atoms with Gasteiger partial charge in [0.25, 0.3) is 5.91 Å². The molecule has 1 unspecified atom stereocenters. The highest BCUT2D eigenvalue weighted by Gasteiger charge is 2.15. The zero-order valence-electron chi connectivity index (χ0n) is 14.6. The predicted octanol–water partition coefficient (Wildman–Crippen LogP) is 3.90. The van der Waals surface area contributed by atoms with Gasteiger partial charge in [-0.15, -0.1) is 0 Å². The normalized spacial score (nSPS) is 11.8. The summed E-state index contributed by atoms with van der Waals surface area (Å²) in [7, 11) is 0. The first-order chi connectivity index (χ1) is 12.0. The van der Waals surface area contributed by atoms with Gasteiger partial charge in [0, 0.05) is 11.4 Å². The van der Waals surface area contributed by atoms with E-state index in [1.165, 1.54) is 0 Å². The van der Waals surface area contributed by atoms with Crippen molar-refractivity contribution in [3.63, 3.8) is 0 Å². The van der Waals surface area contributed by atoms with Crippen LogP contribution in [0.1, 0.15) is 18.3 Å². The van der Waals surface area contributed by atoms with Gasteiger partial charge >= 0.3 is 0 Å². The summed E-state index contributed by atoms with van der Waals surface area (Å²) >= 11 is 0. The lowest BCUT2D eigenvalue weighted by Crippen LogP contribution is -2.30. The van der Waals surface area contributed by atoms with E-state index >= 15 is 0 Å². The second kappa shape index (κ2) is 7.21. The van der Waals surface area contributed by atoms with E-state index in [0.29, 0.717) is 11.4 Å². The Morgan fingerprint density at radius 1 is 1.08 bits per heavy atom. The minimum Gasteiger partial charge on any atom is -0.481 e. The number of ether oxygens (including phenoxy) is 1. The lowest BCUT2D eigenvalue weighted by Gasteiger charge is -2.15. The minimum absolute atomic E-state index is 0.200. The van der Waals surface area contributed by atoms with Crippen LogP contribution in [0.25, 0.3) is 5.69 Å². The molecule has 0 saturated heterocycles. The van der Waals surface area contributed by atoms with Gasteiger partial charge in [-0.05, 0) is 57.2 Å². The number of carbonyl (C=O) groups is 1. The maximum absolute atomic E-state index is 12.4. The first kappa shape index (κ1) is 16.8. The number of benzene rings is 2. The molecule has 1 aromatic heterocycles. The van der Waals surface area contributed by atoms with Crippen LogP contribution in [-0.4, -0.2) is 21.8 Å². The molecule has 3 rings (SSSR count). The molecule has 1 heterocycles. The molecule has 1 N–H and O–H groups in total. The third kappa shape index (κ3) is 4.07. The Bertz CT molecular complexity index is 872. The van der Waals surface area contributed by atoms with Crippen molar-refractivity contribution in [2.24, 2.45) is 0 Å². The molecule has 1 atom stereocenters. The molecule has 128 valence electrons. The fourth-order valence-electron chi connectivity index (χ4n) is 2.61. The molecule has 0 fully saturated rings. The molecule has 0 aliphatic carbocycles. The third-order valence-electron chi connectivity index (χ3n) is 3.79. The van der Waals surface area contributed by atoms with Gasteiger partial charge < -0.3 is 10.1 Å².